The summed E-state index contributed by atoms with van der Waals surface area (Å²) in [6, 6.07) is -0.475. The molecule has 0 bridgehead atoms. The van der Waals surface area contributed by atoms with Crippen molar-refractivity contribution in [2.75, 3.05) is 18.5 Å². The first-order valence-electron chi connectivity index (χ1n) is 8.42. The van der Waals surface area contributed by atoms with E-state index >= 15 is 0 Å². The Morgan fingerprint density at radius 2 is 2.07 bits per heavy atom. The first-order valence-corrected chi connectivity index (χ1v) is 8.42. The monoisotopic (exact) mass is 431 g/mol. The fourth-order valence-corrected chi connectivity index (χ4v) is 2.89. The average Bonchev–Trinajstić information content (AvgIpc) is 2.66. The zero-order chi connectivity index (χ0) is 22.1. The van der Waals surface area contributed by atoms with Crippen molar-refractivity contribution in [1.29, 1.82) is 0 Å². The van der Waals surface area contributed by atoms with Gasteiger partial charge in [-0.1, -0.05) is 0 Å². The summed E-state index contributed by atoms with van der Waals surface area (Å²) < 4.78 is 66.3. The van der Waals surface area contributed by atoms with E-state index in [1.807, 2.05) is 0 Å². The third-order valence-electron chi connectivity index (χ3n) is 4.22. The molecule has 0 fully saturated rings. The predicted octanol–water partition coefficient (Wildman–Crippen LogP) is 1.97. The van der Waals surface area contributed by atoms with Crippen LogP contribution in [-0.4, -0.2) is 45.1 Å². The van der Waals surface area contributed by atoms with Gasteiger partial charge in [0.25, 0.3) is 0 Å². The maximum atomic E-state index is 13.8. The Morgan fingerprint density at radius 3 is 2.70 bits per heavy atom. The molecule has 3 amide bonds. The number of urea groups is 1. The smallest absolute Gasteiger partial charge is 0.394 e. The molecule has 0 saturated heterocycles. The average molecular weight is 431 g/mol. The molecule has 0 spiro atoms. The number of alkyl halides is 3. The molecule has 1 atom stereocenters. The maximum absolute atomic E-state index is 13.8. The molecule has 30 heavy (non-hydrogen) atoms. The number of fused-ring (bicyclic) bond motifs is 1. The van der Waals surface area contributed by atoms with E-state index < -0.39 is 66.9 Å². The number of carbonyl (C=O) groups is 2. The minimum atomic E-state index is -4.77. The van der Waals surface area contributed by atoms with Crippen molar-refractivity contribution in [3.05, 3.63) is 53.1 Å². The molecule has 3 rings (SSSR count). The second kappa shape index (κ2) is 8.18. The van der Waals surface area contributed by atoms with Crippen LogP contribution in [0, 0.1) is 11.6 Å². The van der Waals surface area contributed by atoms with Crippen molar-refractivity contribution >= 4 is 17.6 Å². The number of amides is 3. The van der Waals surface area contributed by atoms with Crippen LogP contribution in [-0.2, 0) is 17.5 Å². The lowest BCUT2D eigenvalue weighted by Gasteiger charge is -2.30. The number of aromatic nitrogens is 2. The van der Waals surface area contributed by atoms with Crippen molar-refractivity contribution in [1.82, 2.24) is 20.2 Å². The quantitative estimate of drug-likeness (QED) is 0.628. The Hall–Kier alpha value is -3.35. The van der Waals surface area contributed by atoms with Crippen LogP contribution in [0.4, 0.5) is 32.4 Å². The molecule has 2 aromatic heterocycles. The fourth-order valence-electron chi connectivity index (χ4n) is 2.89. The first-order chi connectivity index (χ1) is 14.1. The molecular formula is C17H14F5N5O3. The van der Waals surface area contributed by atoms with E-state index in [0.717, 1.165) is 11.1 Å². The normalized spacial score (nSPS) is 14.7. The summed E-state index contributed by atoms with van der Waals surface area (Å²) in [5, 5.41) is 13.8. The molecule has 0 saturated carbocycles. The van der Waals surface area contributed by atoms with E-state index in [9.17, 15) is 36.6 Å². The lowest BCUT2D eigenvalue weighted by molar-refractivity contribution is -0.142. The molecule has 8 nitrogen and oxygen atoms in total. The van der Waals surface area contributed by atoms with Gasteiger partial charge >= 0.3 is 12.2 Å². The highest BCUT2D eigenvalue weighted by atomic mass is 19.4. The van der Waals surface area contributed by atoms with E-state index in [4.69, 9.17) is 0 Å². The molecule has 1 aliphatic heterocycles. The highest BCUT2D eigenvalue weighted by Crippen LogP contribution is 2.35. The van der Waals surface area contributed by atoms with Crippen molar-refractivity contribution < 1.29 is 36.6 Å². The Labute approximate surface area is 165 Å². The van der Waals surface area contributed by atoms with Crippen molar-refractivity contribution in [3.8, 4) is 0 Å². The number of hydrogen-bond acceptors (Lipinski definition) is 5. The van der Waals surface area contributed by atoms with Gasteiger partial charge in [-0.2, -0.15) is 13.2 Å². The summed E-state index contributed by atoms with van der Waals surface area (Å²) >= 11 is 0. The molecule has 0 radical (unpaired) electrons. The summed E-state index contributed by atoms with van der Waals surface area (Å²) in [4.78, 5) is 32.0. The molecule has 2 aromatic rings. The van der Waals surface area contributed by atoms with E-state index in [1.165, 1.54) is 6.07 Å². The number of aliphatic hydroxyl groups is 1. The van der Waals surface area contributed by atoms with Crippen LogP contribution in [0.5, 0.6) is 0 Å². The van der Waals surface area contributed by atoms with Gasteiger partial charge in [0.1, 0.15) is 23.9 Å². The lowest BCUT2D eigenvalue weighted by atomic mass is 10.1. The fraction of sp³-hybridized carbons (Fsp3) is 0.294. The van der Waals surface area contributed by atoms with Crippen LogP contribution in [0.25, 0.3) is 0 Å². The van der Waals surface area contributed by atoms with Gasteiger partial charge in [-0.25, -0.2) is 13.6 Å². The van der Waals surface area contributed by atoms with Crippen molar-refractivity contribution in [3.63, 3.8) is 0 Å². The van der Waals surface area contributed by atoms with Crippen molar-refractivity contribution in [2.45, 2.75) is 18.8 Å². The molecule has 0 unspecified atom stereocenters. The van der Waals surface area contributed by atoms with E-state index in [2.05, 4.69) is 20.6 Å². The Balaban J connectivity index is 1.75. The van der Waals surface area contributed by atoms with Gasteiger partial charge in [0.05, 0.1) is 31.1 Å². The number of pyridine rings is 2. The zero-order valence-electron chi connectivity index (χ0n) is 15.0. The molecular weight excluding hydrogens is 417 g/mol. The third kappa shape index (κ3) is 4.45. The highest BCUT2D eigenvalue weighted by molar-refractivity contribution is 5.95. The summed E-state index contributed by atoms with van der Waals surface area (Å²) in [5.74, 6) is -2.98. The van der Waals surface area contributed by atoms with E-state index in [0.29, 0.717) is 12.3 Å². The molecule has 0 aromatic carbocycles. The predicted molar refractivity (Wildman–Crippen MR) is 90.8 cm³/mol. The van der Waals surface area contributed by atoms with Gasteiger partial charge in [0, 0.05) is 17.8 Å². The zero-order valence-corrected chi connectivity index (χ0v) is 15.0. The second-order valence-electron chi connectivity index (χ2n) is 6.29. The second-order valence-corrected chi connectivity index (χ2v) is 6.29. The van der Waals surface area contributed by atoms with Gasteiger partial charge in [-0.15, -0.1) is 0 Å². The van der Waals surface area contributed by atoms with Crippen molar-refractivity contribution in [2.24, 2.45) is 0 Å². The van der Waals surface area contributed by atoms with Crippen LogP contribution >= 0.6 is 0 Å². The number of rotatable bonds is 5. The summed E-state index contributed by atoms with van der Waals surface area (Å²) in [6.45, 7) is -2.04. The lowest BCUT2D eigenvalue weighted by Crippen LogP contribution is -2.46. The topological polar surface area (TPSA) is 107 Å². The Kier molecular flexibility index (Phi) is 5.82. The van der Waals surface area contributed by atoms with E-state index in [-0.39, 0.29) is 11.3 Å². The van der Waals surface area contributed by atoms with Gasteiger partial charge in [-0.3, -0.25) is 14.8 Å². The molecule has 1 aliphatic rings. The van der Waals surface area contributed by atoms with Crippen LogP contribution in [0.1, 0.15) is 23.0 Å². The number of aliphatic hydroxyl groups excluding tert-OH is 1. The van der Waals surface area contributed by atoms with E-state index in [1.54, 1.807) is 0 Å². The van der Waals surface area contributed by atoms with Crippen LogP contribution in [0.3, 0.4) is 0 Å². The maximum Gasteiger partial charge on any atom is 0.433 e. The standard InChI is InChI=1S/C17H14F5N5O3/c18-8-3-10(19)14(24-4-8)12(7-28)25-13(29)6-27-5-9-11(26-16(27)30)1-2-23-15(9)17(20,21)22/h1-4,12,28H,5-7H2,(H,25,29)(H,26,30)/t12-/m1/s1. The number of halogens is 5. The molecule has 0 aliphatic carbocycles. The SMILES string of the molecule is O=C(CN1Cc2c(ccnc2C(F)(F)F)NC1=O)N[C@H](CO)c1ncc(F)cc1F. The molecule has 13 heteroatoms. The van der Waals surface area contributed by atoms with Gasteiger partial charge in [0.2, 0.25) is 5.91 Å². The summed E-state index contributed by atoms with van der Waals surface area (Å²) in [6.07, 6.45) is -3.18. The summed E-state index contributed by atoms with van der Waals surface area (Å²) in [7, 11) is 0. The number of hydrogen-bond donors (Lipinski definition) is 3. The minimum Gasteiger partial charge on any atom is -0.394 e. The third-order valence-corrected chi connectivity index (χ3v) is 4.22. The van der Waals surface area contributed by atoms with Crippen LogP contribution < -0.4 is 10.6 Å². The Morgan fingerprint density at radius 1 is 1.33 bits per heavy atom. The van der Waals surface area contributed by atoms with Gasteiger partial charge in [0.15, 0.2) is 5.69 Å². The minimum absolute atomic E-state index is 0.0789. The molecule has 3 N–H and O–H groups in total. The van der Waals surface area contributed by atoms with Gasteiger partial charge < -0.3 is 20.6 Å². The van der Waals surface area contributed by atoms with Crippen LogP contribution in [0.15, 0.2) is 24.5 Å². The largest absolute Gasteiger partial charge is 0.433 e. The first kappa shape index (κ1) is 21.4. The highest BCUT2D eigenvalue weighted by Gasteiger charge is 2.39. The summed E-state index contributed by atoms with van der Waals surface area (Å²) in [5.41, 5.74) is -2.03. The van der Waals surface area contributed by atoms with Gasteiger partial charge in [-0.05, 0) is 6.07 Å². The molecule has 3 heterocycles. The number of nitrogens with zero attached hydrogens (tertiary/aromatic N) is 3. The molecule has 160 valence electrons. The number of anilines is 1. The number of carbonyl (C=O) groups excluding carboxylic acids is 2. The Bertz CT molecular complexity index is 985. The van der Waals surface area contributed by atoms with Crippen LogP contribution in [0.2, 0.25) is 0 Å². The number of nitrogens with one attached hydrogen (secondary N) is 2.